The molecule has 0 spiro atoms. The number of hydrogen-bond donors (Lipinski definition) is 1. The highest BCUT2D eigenvalue weighted by atomic mass is 79.9. The monoisotopic (exact) mass is 417 g/mol. The van der Waals surface area contributed by atoms with Gasteiger partial charge in [0.1, 0.15) is 0 Å². The minimum atomic E-state index is -0.239. The summed E-state index contributed by atoms with van der Waals surface area (Å²) in [5.41, 5.74) is 3.02. The number of nitrogen functional groups attached to an aromatic ring is 1. The Bertz CT molecular complexity index is 975. The highest BCUT2D eigenvalue weighted by molar-refractivity contribution is 9.10. The number of hydrogen-bond acceptors (Lipinski definition) is 4. The van der Waals surface area contributed by atoms with E-state index in [9.17, 15) is 4.79 Å². The Hall–Kier alpha value is -1.79. The van der Waals surface area contributed by atoms with Crippen LogP contribution in [0.3, 0.4) is 0 Å². The van der Waals surface area contributed by atoms with Gasteiger partial charge in [-0.1, -0.05) is 72.7 Å². The van der Waals surface area contributed by atoms with E-state index in [0.717, 1.165) is 9.15 Å². The Morgan fingerprint density at radius 2 is 1.84 bits per heavy atom. The molecule has 0 saturated carbocycles. The molecule has 130 valence electrons. The second-order valence-corrected chi connectivity index (χ2v) is 8.82. The lowest BCUT2D eigenvalue weighted by Gasteiger charge is -2.19. The molecule has 3 aromatic rings. The number of halogens is 1. The van der Waals surface area contributed by atoms with E-state index in [0.29, 0.717) is 21.8 Å². The summed E-state index contributed by atoms with van der Waals surface area (Å²) in [4.78, 5) is 17.0. The first-order valence-electron chi connectivity index (χ1n) is 7.95. The first-order chi connectivity index (χ1) is 11.8. The Morgan fingerprint density at radius 1 is 1.16 bits per heavy atom. The second-order valence-electron chi connectivity index (χ2n) is 6.97. The van der Waals surface area contributed by atoms with Crippen molar-refractivity contribution >= 4 is 38.6 Å². The van der Waals surface area contributed by atoms with Gasteiger partial charge in [0.15, 0.2) is 5.16 Å². The first kappa shape index (κ1) is 18.0. The molecule has 6 heteroatoms. The van der Waals surface area contributed by atoms with Crippen molar-refractivity contribution in [2.24, 2.45) is 0 Å². The van der Waals surface area contributed by atoms with Crippen molar-refractivity contribution < 1.29 is 0 Å². The SMILES string of the molecule is CC(C)(C)c1ccc(CSc2nc3ccc(Br)cc3c(=O)n2N)cc1. The summed E-state index contributed by atoms with van der Waals surface area (Å²) < 4.78 is 1.96. The molecule has 0 radical (unpaired) electrons. The van der Waals surface area contributed by atoms with E-state index in [1.807, 2.05) is 12.1 Å². The second kappa shape index (κ2) is 6.84. The highest BCUT2D eigenvalue weighted by Gasteiger charge is 2.13. The van der Waals surface area contributed by atoms with E-state index < -0.39 is 0 Å². The predicted octanol–water partition coefficient (Wildman–Crippen LogP) is 4.46. The molecule has 0 aliphatic rings. The number of benzene rings is 2. The Kier molecular flexibility index (Phi) is 4.93. The van der Waals surface area contributed by atoms with Gasteiger partial charge in [-0.3, -0.25) is 4.79 Å². The largest absolute Gasteiger partial charge is 0.334 e. The van der Waals surface area contributed by atoms with E-state index in [1.165, 1.54) is 22.9 Å². The molecule has 2 N–H and O–H groups in total. The molecule has 1 aromatic heterocycles. The zero-order valence-corrected chi connectivity index (χ0v) is 16.8. The van der Waals surface area contributed by atoms with Gasteiger partial charge in [-0.2, -0.15) is 0 Å². The molecule has 0 aliphatic carbocycles. The predicted molar refractivity (Wildman–Crippen MR) is 109 cm³/mol. The third-order valence-electron chi connectivity index (χ3n) is 4.02. The van der Waals surface area contributed by atoms with Gasteiger partial charge in [-0.25, -0.2) is 9.66 Å². The number of rotatable bonds is 3. The van der Waals surface area contributed by atoms with E-state index in [1.54, 1.807) is 6.07 Å². The number of nitrogens with two attached hydrogens (primary N) is 1. The number of aromatic nitrogens is 2. The van der Waals surface area contributed by atoms with Crippen molar-refractivity contribution in [2.75, 3.05) is 5.84 Å². The lowest BCUT2D eigenvalue weighted by atomic mass is 9.87. The van der Waals surface area contributed by atoms with Gasteiger partial charge in [0, 0.05) is 10.2 Å². The van der Waals surface area contributed by atoms with E-state index in [-0.39, 0.29) is 11.0 Å². The van der Waals surface area contributed by atoms with Gasteiger partial charge >= 0.3 is 0 Å². The zero-order valence-electron chi connectivity index (χ0n) is 14.4. The number of fused-ring (bicyclic) bond motifs is 1. The van der Waals surface area contributed by atoms with Gasteiger partial charge in [0.05, 0.1) is 10.9 Å². The van der Waals surface area contributed by atoms with Crippen LogP contribution in [0.4, 0.5) is 0 Å². The van der Waals surface area contributed by atoms with Crippen LogP contribution in [0, 0.1) is 0 Å². The average molecular weight is 418 g/mol. The van der Waals surface area contributed by atoms with Crippen molar-refractivity contribution in [1.29, 1.82) is 0 Å². The van der Waals surface area contributed by atoms with E-state index >= 15 is 0 Å². The summed E-state index contributed by atoms with van der Waals surface area (Å²) in [6.07, 6.45) is 0. The Balaban J connectivity index is 1.85. The molecule has 0 saturated heterocycles. The molecular formula is C19H20BrN3OS. The molecular weight excluding hydrogens is 398 g/mol. The average Bonchev–Trinajstić information content (AvgIpc) is 2.57. The van der Waals surface area contributed by atoms with Gasteiger partial charge in [0.25, 0.3) is 5.56 Å². The van der Waals surface area contributed by atoms with Crippen LogP contribution in [0.2, 0.25) is 0 Å². The van der Waals surface area contributed by atoms with Gasteiger partial charge in [-0.15, -0.1) is 0 Å². The molecule has 0 atom stereocenters. The summed E-state index contributed by atoms with van der Waals surface area (Å²) in [7, 11) is 0. The van der Waals surface area contributed by atoms with Crippen LogP contribution in [0.5, 0.6) is 0 Å². The van der Waals surface area contributed by atoms with Crippen molar-refractivity contribution in [2.45, 2.75) is 37.1 Å². The fourth-order valence-corrected chi connectivity index (χ4v) is 3.74. The lowest BCUT2D eigenvalue weighted by molar-refractivity contribution is 0.590. The zero-order chi connectivity index (χ0) is 18.2. The maximum atomic E-state index is 12.4. The first-order valence-corrected chi connectivity index (χ1v) is 9.73. The summed E-state index contributed by atoms with van der Waals surface area (Å²) in [6, 6.07) is 14.0. The summed E-state index contributed by atoms with van der Waals surface area (Å²) in [5.74, 6) is 6.65. The van der Waals surface area contributed by atoms with Crippen LogP contribution in [0.15, 0.2) is 56.9 Å². The molecule has 1 heterocycles. The number of thioether (sulfide) groups is 1. The van der Waals surface area contributed by atoms with Crippen LogP contribution < -0.4 is 11.4 Å². The quantitative estimate of drug-likeness (QED) is 0.388. The fourth-order valence-electron chi connectivity index (χ4n) is 2.50. The third kappa shape index (κ3) is 3.90. The highest BCUT2D eigenvalue weighted by Crippen LogP contribution is 2.25. The maximum absolute atomic E-state index is 12.4. The molecule has 25 heavy (non-hydrogen) atoms. The molecule has 0 unspecified atom stereocenters. The molecule has 0 amide bonds. The topological polar surface area (TPSA) is 60.9 Å². The van der Waals surface area contributed by atoms with E-state index in [2.05, 4.69) is 66.0 Å². The summed E-state index contributed by atoms with van der Waals surface area (Å²) in [5, 5.41) is 1.02. The minimum absolute atomic E-state index is 0.136. The van der Waals surface area contributed by atoms with Crippen molar-refractivity contribution in [1.82, 2.24) is 9.66 Å². The van der Waals surface area contributed by atoms with Crippen LogP contribution in [0.1, 0.15) is 31.9 Å². The molecule has 4 nitrogen and oxygen atoms in total. The number of nitrogens with zero attached hydrogens (tertiary/aromatic N) is 2. The maximum Gasteiger partial charge on any atom is 0.280 e. The molecule has 0 fully saturated rings. The van der Waals surface area contributed by atoms with E-state index in [4.69, 9.17) is 5.84 Å². The van der Waals surface area contributed by atoms with Crippen LogP contribution in [-0.4, -0.2) is 9.66 Å². The normalized spacial score (nSPS) is 11.8. The minimum Gasteiger partial charge on any atom is -0.334 e. The molecule has 0 bridgehead atoms. The smallest absolute Gasteiger partial charge is 0.280 e. The lowest BCUT2D eigenvalue weighted by Crippen LogP contribution is -2.29. The molecule has 0 aliphatic heterocycles. The van der Waals surface area contributed by atoms with Crippen molar-refractivity contribution in [3.8, 4) is 0 Å². The standard InChI is InChI=1S/C19H20BrN3OS/c1-19(2,3)13-6-4-12(5-7-13)11-25-18-22-16-9-8-14(20)10-15(16)17(24)23(18)21/h4-10H,11,21H2,1-3H3. The Morgan fingerprint density at radius 3 is 2.48 bits per heavy atom. The van der Waals surface area contributed by atoms with Crippen molar-refractivity contribution in [3.63, 3.8) is 0 Å². The van der Waals surface area contributed by atoms with Crippen LogP contribution in [0.25, 0.3) is 10.9 Å². The van der Waals surface area contributed by atoms with Gasteiger partial charge in [-0.05, 0) is 34.7 Å². The Labute approximate surface area is 159 Å². The fraction of sp³-hybridized carbons (Fsp3) is 0.263. The van der Waals surface area contributed by atoms with Crippen molar-refractivity contribution in [3.05, 3.63) is 68.4 Å². The summed E-state index contributed by atoms with van der Waals surface area (Å²) >= 11 is 4.83. The third-order valence-corrected chi connectivity index (χ3v) is 5.53. The molecule has 2 aromatic carbocycles. The van der Waals surface area contributed by atoms with Crippen LogP contribution >= 0.6 is 27.7 Å². The summed E-state index contributed by atoms with van der Waals surface area (Å²) in [6.45, 7) is 6.59. The van der Waals surface area contributed by atoms with Gasteiger partial charge < -0.3 is 5.84 Å². The van der Waals surface area contributed by atoms with Gasteiger partial charge in [0.2, 0.25) is 0 Å². The molecule has 3 rings (SSSR count). The van der Waals surface area contributed by atoms with Crippen LogP contribution in [-0.2, 0) is 11.2 Å².